The fourth-order valence-electron chi connectivity index (χ4n) is 3.66. The van der Waals surface area contributed by atoms with Gasteiger partial charge in [-0.05, 0) is 50.6 Å². The van der Waals surface area contributed by atoms with Gasteiger partial charge in [0.2, 0.25) is 5.75 Å². The largest absolute Gasteiger partial charge is 0.493 e. The van der Waals surface area contributed by atoms with Gasteiger partial charge in [0.1, 0.15) is 0 Å². The van der Waals surface area contributed by atoms with Crippen LogP contribution in [0.2, 0.25) is 0 Å². The van der Waals surface area contributed by atoms with Crippen molar-refractivity contribution in [3.63, 3.8) is 0 Å². The summed E-state index contributed by atoms with van der Waals surface area (Å²) in [4.78, 5) is 7.30. The summed E-state index contributed by atoms with van der Waals surface area (Å²) in [5.41, 5.74) is 1.000. The van der Waals surface area contributed by atoms with E-state index in [1.54, 1.807) is 21.3 Å². The lowest BCUT2D eigenvalue weighted by molar-refractivity contribution is 0.157. The summed E-state index contributed by atoms with van der Waals surface area (Å²) in [6.45, 7) is 8.87. The fraction of sp³-hybridized carbons (Fsp3) is 0.667. The molecule has 0 radical (unpaired) electrons. The maximum Gasteiger partial charge on any atom is 0.203 e. The van der Waals surface area contributed by atoms with Crippen molar-refractivity contribution in [2.24, 2.45) is 4.99 Å². The van der Waals surface area contributed by atoms with E-state index in [0.717, 1.165) is 31.2 Å². The monoisotopic (exact) mass is 392 g/mol. The van der Waals surface area contributed by atoms with Crippen LogP contribution in [0.4, 0.5) is 0 Å². The third kappa shape index (κ3) is 5.92. The number of likely N-dealkylation sites (tertiary alicyclic amines) is 1. The highest BCUT2D eigenvalue weighted by Crippen LogP contribution is 2.38. The van der Waals surface area contributed by atoms with Crippen LogP contribution in [-0.4, -0.2) is 64.4 Å². The third-order valence-corrected chi connectivity index (χ3v) is 5.15. The Kier molecular flexibility index (Phi) is 9.20. The zero-order valence-corrected chi connectivity index (χ0v) is 18.0. The Bertz CT molecular complexity index is 611. The Labute approximate surface area is 169 Å². The Hall–Kier alpha value is -2.15. The number of aliphatic imine (C=N–C) groups is 1. The standard InChI is InChI=1S/C21H36N4O3/c1-6-22-21(24-15-17-10-8-9-11-25(17)7-2)23-14-16-12-18(26-3)20(28-5)19(13-16)27-4/h12-13,17H,6-11,14-15H2,1-5H3,(H2,22,23,24). The third-order valence-electron chi connectivity index (χ3n) is 5.15. The van der Waals surface area contributed by atoms with Gasteiger partial charge in [-0.25, -0.2) is 4.99 Å². The van der Waals surface area contributed by atoms with Crippen LogP contribution in [0.3, 0.4) is 0 Å². The molecule has 7 heteroatoms. The van der Waals surface area contributed by atoms with Gasteiger partial charge in [-0.3, -0.25) is 4.90 Å². The number of rotatable bonds is 9. The SMILES string of the molecule is CCNC(=NCc1cc(OC)c(OC)c(OC)c1)NCC1CCCCN1CC. The number of nitrogens with zero attached hydrogens (tertiary/aromatic N) is 2. The number of hydrogen-bond acceptors (Lipinski definition) is 5. The van der Waals surface area contributed by atoms with Crippen molar-refractivity contribution in [1.29, 1.82) is 0 Å². The molecule has 1 aliphatic heterocycles. The van der Waals surface area contributed by atoms with Gasteiger partial charge in [0.25, 0.3) is 0 Å². The van der Waals surface area contributed by atoms with Crippen LogP contribution in [0.1, 0.15) is 38.7 Å². The summed E-state index contributed by atoms with van der Waals surface area (Å²) in [6.07, 6.45) is 3.86. The molecule has 1 fully saturated rings. The fourth-order valence-corrected chi connectivity index (χ4v) is 3.66. The molecule has 1 aromatic rings. The molecule has 0 amide bonds. The highest BCUT2D eigenvalue weighted by atomic mass is 16.5. The van der Waals surface area contributed by atoms with Crippen LogP contribution < -0.4 is 24.8 Å². The minimum Gasteiger partial charge on any atom is -0.493 e. The first-order valence-corrected chi connectivity index (χ1v) is 10.2. The van der Waals surface area contributed by atoms with Crippen LogP contribution in [0, 0.1) is 0 Å². The number of hydrogen-bond donors (Lipinski definition) is 2. The van der Waals surface area contributed by atoms with E-state index in [1.165, 1.54) is 25.8 Å². The molecular weight excluding hydrogens is 356 g/mol. The van der Waals surface area contributed by atoms with E-state index in [1.807, 2.05) is 12.1 Å². The maximum atomic E-state index is 5.43. The molecule has 0 bridgehead atoms. The van der Waals surface area contributed by atoms with Gasteiger partial charge >= 0.3 is 0 Å². The van der Waals surface area contributed by atoms with Gasteiger partial charge in [-0.1, -0.05) is 13.3 Å². The number of methoxy groups -OCH3 is 3. The maximum absolute atomic E-state index is 5.43. The van der Waals surface area contributed by atoms with Gasteiger partial charge in [0.15, 0.2) is 17.5 Å². The predicted molar refractivity (Wildman–Crippen MR) is 114 cm³/mol. The molecule has 1 heterocycles. The van der Waals surface area contributed by atoms with Gasteiger partial charge in [0.05, 0.1) is 27.9 Å². The van der Waals surface area contributed by atoms with E-state index in [4.69, 9.17) is 19.2 Å². The highest BCUT2D eigenvalue weighted by Gasteiger charge is 2.21. The van der Waals surface area contributed by atoms with Crippen molar-refractivity contribution >= 4 is 5.96 Å². The topological polar surface area (TPSA) is 67.4 Å². The summed E-state index contributed by atoms with van der Waals surface area (Å²) >= 11 is 0. The number of guanidine groups is 1. The lowest BCUT2D eigenvalue weighted by atomic mass is 10.0. The first-order valence-electron chi connectivity index (χ1n) is 10.2. The Morgan fingerprint density at radius 2 is 1.79 bits per heavy atom. The van der Waals surface area contributed by atoms with E-state index in [2.05, 4.69) is 29.4 Å². The minimum absolute atomic E-state index is 0.522. The van der Waals surface area contributed by atoms with Crippen molar-refractivity contribution < 1.29 is 14.2 Å². The summed E-state index contributed by atoms with van der Waals surface area (Å²) in [5, 5.41) is 6.85. The quantitative estimate of drug-likeness (QED) is 0.497. The summed E-state index contributed by atoms with van der Waals surface area (Å²) < 4.78 is 16.3. The zero-order valence-electron chi connectivity index (χ0n) is 18.0. The summed E-state index contributed by atoms with van der Waals surface area (Å²) in [7, 11) is 4.86. The number of nitrogens with one attached hydrogen (secondary N) is 2. The molecule has 1 atom stereocenters. The molecule has 0 aromatic heterocycles. The van der Waals surface area contributed by atoms with Gasteiger partial charge in [-0.2, -0.15) is 0 Å². The number of benzene rings is 1. The molecule has 0 aliphatic carbocycles. The van der Waals surface area contributed by atoms with Crippen LogP contribution in [0.5, 0.6) is 17.2 Å². The first-order chi connectivity index (χ1) is 13.7. The molecule has 158 valence electrons. The summed E-state index contributed by atoms with van der Waals surface area (Å²) in [6, 6.07) is 4.45. The van der Waals surface area contributed by atoms with Crippen molar-refractivity contribution in [1.82, 2.24) is 15.5 Å². The van der Waals surface area contributed by atoms with Gasteiger partial charge < -0.3 is 24.8 Å². The van der Waals surface area contributed by atoms with Crippen LogP contribution in [-0.2, 0) is 6.54 Å². The smallest absolute Gasteiger partial charge is 0.203 e. The van der Waals surface area contributed by atoms with Gasteiger partial charge in [-0.15, -0.1) is 0 Å². The van der Waals surface area contributed by atoms with E-state index in [-0.39, 0.29) is 0 Å². The average Bonchev–Trinajstić information content (AvgIpc) is 2.74. The van der Waals surface area contributed by atoms with E-state index in [0.29, 0.717) is 29.8 Å². The molecule has 1 unspecified atom stereocenters. The number of likely N-dealkylation sites (N-methyl/N-ethyl adjacent to an activating group) is 1. The second kappa shape index (κ2) is 11.6. The zero-order chi connectivity index (χ0) is 20.4. The van der Waals surface area contributed by atoms with E-state index < -0.39 is 0 Å². The highest BCUT2D eigenvalue weighted by molar-refractivity contribution is 5.79. The predicted octanol–water partition coefficient (Wildman–Crippen LogP) is 2.64. The first kappa shape index (κ1) is 22.1. The van der Waals surface area contributed by atoms with Crippen LogP contribution in [0.15, 0.2) is 17.1 Å². The molecule has 2 rings (SSSR count). The Balaban J connectivity index is 2.07. The van der Waals surface area contributed by atoms with Crippen LogP contribution in [0.25, 0.3) is 0 Å². The molecule has 1 aromatic carbocycles. The molecule has 2 N–H and O–H groups in total. The van der Waals surface area contributed by atoms with Crippen LogP contribution >= 0.6 is 0 Å². The molecule has 1 saturated heterocycles. The average molecular weight is 393 g/mol. The minimum atomic E-state index is 0.522. The van der Waals surface area contributed by atoms with Crippen molar-refractivity contribution in [3.8, 4) is 17.2 Å². The molecule has 0 saturated carbocycles. The molecule has 0 spiro atoms. The van der Waals surface area contributed by atoms with Crippen molar-refractivity contribution in [2.75, 3.05) is 47.5 Å². The second-order valence-corrected chi connectivity index (χ2v) is 6.89. The normalized spacial score (nSPS) is 17.9. The number of ether oxygens (including phenoxy) is 3. The van der Waals surface area contributed by atoms with E-state index >= 15 is 0 Å². The Morgan fingerprint density at radius 1 is 1.07 bits per heavy atom. The lowest BCUT2D eigenvalue weighted by Gasteiger charge is -2.35. The van der Waals surface area contributed by atoms with Gasteiger partial charge in [0, 0.05) is 19.1 Å². The summed E-state index contributed by atoms with van der Waals surface area (Å²) in [5.74, 6) is 2.72. The van der Waals surface area contributed by atoms with Crippen molar-refractivity contribution in [3.05, 3.63) is 17.7 Å². The van der Waals surface area contributed by atoms with Crippen molar-refractivity contribution in [2.45, 2.75) is 45.7 Å². The number of piperidine rings is 1. The molecule has 7 nitrogen and oxygen atoms in total. The van der Waals surface area contributed by atoms with E-state index in [9.17, 15) is 0 Å². The molecule has 28 heavy (non-hydrogen) atoms. The molecule has 1 aliphatic rings. The molecular formula is C21H36N4O3. The Morgan fingerprint density at radius 3 is 2.36 bits per heavy atom. The second-order valence-electron chi connectivity index (χ2n) is 6.89. The lowest BCUT2D eigenvalue weighted by Crippen LogP contribution is -2.49.